The molecule has 0 aliphatic heterocycles. The molecule has 0 amide bonds. The quantitative estimate of drug-likeness (QED) is 0.578. The monoisotopic (exact) mass is 220 g/mol. The highest BCUT2D eigenvalue weighted by molar-refractivity contribution is 5.73. The summed E-state index contributed by atoms with van der Waals surface area (Å²) in [6.45, 7) is -0.00289. The first-order chi connectivity index (χ1) is 7.79. The van der Waals surface area contributed by atoms with E-state index in [1.165, 1.54) is 31.1 Å². The van der Waals surface area contributed by atoms with Crippen LogP contribution in [-0.4, -0.2) is 19.7 Å². The van der Waals surface area contributed by atoms with Gasteiger partial charge in [0.15, 0.2) is 0 Å². The van der Waals surface area contributed by atoms with E-state index in [2.05, 4.69) is 6.07 Å². The standard InChI is InChI=1S/C13H16O3/c1-15-9-13(14)16-12-7-6-10-4-2-3-5-11(10)8-12/h6-8H,2-5,9H2,1H3. The van der Waals surface area contributed by atoms with E-state index in [1.807, 2.05) is 12.1 Å². The Labute approximate surface area is 95.4 Å². The molecule has 1 aromatic carbocycles. The van der Waals surface area contributed by atoms with Crippen molar-refractivity contribution in [3.63, 3.8) is 0 Å². The summed E-state index contributed by atoms with van der Waals surface area (Å²) in [4.78, 5) is 11.2. The summed E-state index contributed by atoms with van der Waals surface area (Å²) in [5.41, 5.74) is 2.70. The molecular formula is C13H16O3. The predicted octanol–water partition coefficient (Wildman–Crippen LogP) is 2.12. The number of hydrogen-bond acceptors (Lipinski definition) is 3. The second-order valence-electron chi connectivity index (χ2n) is 4.04. The number of rotatable bonds is 3. The van der Waals surface area contributed by atoms with Crippen LogP contribution in [0.25, 0.3) is 0 Å². The summed E-state index contributed by atoms with van der Waals surface area (Å²) in [6, 6.07) is 5.89. The lowest BCUT2D eigenvalue weighted by atomic mass is 9.92. The molecule has 0 heterocycles. The third kappa shape index (κ3) is 2.61. The average Bonchev–Trinajstić information content (AvgIpc) is 2.29. The summed E-state index contributed by atoms with van der Waals surface area (Å²) in [5, 5.41) is 0. The van der Waals surface area contributed by atoms with Crippen LogP contribution >= 0.6 is 0 Å². The first kappa shape index (κ1) is 11.1. The molecule has 0 unspecified atom stereocenters. The Morgan fingerprint density at radius 2 is 2.00 bits per heavy atom. The molecule has 1 aliphatic carbocycles. The first-order valence-corrected chi connectivity index (χ1v) is 5.61. The van der Waals surface area contributed by atoms with Gasteiger partial charge in [0.05, 0.1) is 0 Å². The van der Waals surface area contributed by atoms with Crippen molar-refractivity contribution >= 4 is 5.97 Å². The minimum atomic E-state index is -0.349. The summed E-state index contributed by atoms with van der Waals surface area (Å²) >= 11 is 0. The molecule has 0 saturated carbocycles. The van der Waals surface area contributed by atoms with E-state index in [1.54, 1.807) is 0 Å². The summed E-state index contributed by atoms with van der Waals surface area (Å²) in [7, 11) is 1.48. The number of methoxy groups -OCH3 is 1. The minimum absolute atomic E-state index is 0.00289. The van der Waals surface area contributed by atoms with Gasteiger partial charge in [-0.2, -0.15) is 0 Å². The van der Waals surface area contributed by atoms with E-state index < -0.39 is 0 Å². The van der Waals surface area contributed by atoms with Gasteiger partial charge in [-0.25, -0.2) is 4.79 Å². The molecular weight excluding hydrogens is 204 g/mol. The fraction of sp³-hybridized carbons (Fsp3) is 0.462. The normalized spacial score (nSPS) is 14.3. The van der Waals surface area contributed by atoms with Crippen molar-refractivity contribution in [3.8, 4) is 5.75 Å². The van der Waals surface area contributed by atoms with Crippen molar-refractivity contribution < 1.29 is 14.3 Å². The number of ether oxygens (including phenoxy) is 2. The fourth-order valence-electron chi connectivity index (χ4n) is 2.05. The van der Waals surface area contributed by atoms with Gasteiger partial charge in [0.25, 0.3) is 0 Å². The van der Waals surface area contributed by atoms with Crippen molar-refractivity contribution in [2.75, 3.05) is 13.7 Å². The zero-order valence-electron chi connectivity index (χ0n) is 9.49. The van der Waals surface area contributed by atoms with Gasteiger partial charge in [0, 0.05) is 7.11 Å². The maximum Gasteiger partial charge on any atom is 0.337 e. The zero-order chi connectivity index (χ0) is 11.4. The molecule has 0 radical (unpaired) electrons. The number of esters is 1. The molecule has 3 nitrogen and oxygen atoms in total. The van der Waals surface area contributed by atoms with Crippen molar-refractivity contribution in [2.45, 2.75) is 25.7 Å². The molecule has 0 N–H and O–H groups in total. The Morgan fingerprint density at radius 3 is 2.75 bits per heavy atom. The van der Waals surface area contributed by atoms with Crippen LogP contribution < -0.4 is 4.74 Å². The lowest BCUT2D eigenvalue weighted by Gasteiger charge is -2.16. The smallest absolute Gasteiger partial charge is 0.337 e. The second-order valence-corrected chi connectivity index (χ2v) is 4.04. The molecule has 0 atom stereocenters. The van der Waals surface area contributed by atoms with Gasteiger partial charge >= 0.3 is 5.97 Å². The Morgan fingerprint density at radius 1 is 1.25 bits per heavy atom. The highest BCUT2D eigenvalue weighted by Crippen LogP contribution is 2.25. The lowest BCUT2D eigenvalue weighted by Crippen LogP contribution is -2.14. The highest BCUT2D eigenvalue weighted by atomic mass is 16.6. The van der Waals surface area contributed by atoms with E-state index >= 15 is 0 Å². The van der Waals surface area contributed by atoms with Crippen molar-refractivity contribution in [1.82, 2.24) is 0 Å². The third-order valence-electron chi connectivity index (χ3n) is 2.81. The SMILES string of the molecule is COCC(=O)Oc1ccc2c(c1)CCCC2. The Bertz CT molecular complexity index is 385. The number of fused-ring (bicyclic) bond motifs is 1. The summed E-state index contributed by atoms with van der Waals surface area (Å²) in [5.74, 6) is 0.279. The van der Waals surface area contributed by atoms with Gasteiger partial charge in [0.1, 0.15) is 12.4 Å². The molecule has 0 aromatic heterocycles. The number of aryl methyl sites for hydroxylation is 2. The Kier molecular flexibility index (Phi) is 3.57. The lowest BCUT2D eigenvalue weighted by molar-refractivity contribution is -0.138. The van der Waals surface area contributed by atoms with Crippen molar-refractivity contribution in [1.29, 1.82) is 0 Å². The molecule has 0 spiro atoms. The van der Waals surface area contributed by atoms with Crippen LogP contribution in [-0.2, 0) is 22.4 Å². The van der Waals surface area contributed by atoms with E-state index in [-0.39, 0.29) is 12.6 Å². The molecule has 1 aliphatic rings. The fourth-order valence-corrected chi connectivity index (χ4v) is 2.05. The van der Waals surface area contributed by atoms with E-state index in [0.717, 1.165) is 12.8 Å². The van der Waals surface area contributed by atoms with E-state index in [0.29, 0.717) is 5.75 Å². The maximum atomic E-state index is 11.2. The maximum absolute atomic E-state index is 11.2. The Balaban J connectivity index is 2.08. The van der Waals surface area contributed by atoms with Gasteiger partial charge in [0.2, 0.25) is 0 Å². The average molecular weight is 220 g/mol. The number of carbonyl (C=O) groups excluding carboxylic acids is 1. The van der Waals surface area contributed by atoms with Crippen LogP contribution in [0.4, 0.5) is 0 Å². The van der Waals surface area contributed by atoms with Gasteiger partial charge in [-0.05, 0) is 48.9 Å². The van der Waals surface area contributed by atoms with Crippen molar-refractivity contribution in [3.05, 3.63) is 29.3 Å². The minimum Gasteiger partial charge on any atom is -0.425 e. The summed E-state index contributed by atoms with van der Waals surface area (Å²) < 4.78 is 9.87. The van der Waals surface area contributed by atoms with Gasteiger partial charge < -0.3 is 9.47 Å². The van der Waals surface area contributed by atoms with Crippen LogP contribution in [0.1, 0.15) is 24.0 Å². The highest BCUT2D eigenvalue weighted by Gasteiger charge is 2.11. The van der Waals surface area contributed by atoms with Crippen LogP contribution in [0.3, 0.4) is 0 Å². The van der Waals surface area contributed by atoms with E-state index in [4.69, 9.17) is 9.47 Å². The second kappa shape index (κ2) is 5.12. The molecule has 2 rings (SSSR count). The van der Waals surface area contributed by atoms with Crippen molar-refractivity contribution in [2.24, 2.45) is 0 Å². The number of carbonyl (C=O) groups is 1. The number of benzene rings is 1. The van der Waals surface area contributed by atoms with Gasteiger partial charge in [-0.15, -0.1) is 0 Å². The largest absolute Gasteiger partial charge is 0.425 e. The van der Waals surface area contributed by atoms with Crippen LogP contribution in [0.5, 0.6) is 5.75 Å². The van der Waals surface area contributed by atoms with Crippen LogP contribution in [0.15, 0.2) is 18.2 Å². The topological polar surface area (TPSA) is 35.5 Å². The van der Waals surface area contributed by atoms with E-state index in [9.17, 15) is 4.79 Å². The van der Waals surface area contributed by atoms with Crippen LogP contribution in [0, 0.1) is 0 Å². The Hall–Kier alpha value is -1.35. The third-order valence-corrected chi connectivity index (χ3v) is 2.81. The zero-order valence-corrected chi connectivity index (χ0v) is 9.49. The number of hydrogen-bond donors (Lipinski definition) is 0. The molecule has 16 heavy (non-hydrogen) atoms. The molecule has 0 bridgehead atoms. The molecule has 1 aromatic rings. The summed E-state index contributed by atoms with van der Waals surface area (Å²) in [6.07, 6.45) is 4.71. The van der Waals surface area contributed by atoms with Gasteiger partial charge in [-0.1, -0.05) is 6.07 Å². The molecule has 86 valence electrons. The predicted molar refractivity (Wildman–Crippen MR) is 60.6 cm³/mol. The molecule has 0 saturated heterocycles. The molecule has 0 fully saturated rings. The van der Waals surface area contributed by atoms with Gasteiger partial charge in [-0.3, -0.25) is 0 Å². The molecule has 3 heteroatoms. The first-order valence-electron chi connectivity index (χ1n) is 5.61. The van der Waals surface area contributed by atoms with Crippen LogP contribution in [0.2, 0.25) is 0 Å².